The number of anilines is 1. The van der Waals surface area contributed by atoms with E-state index in [1.165, 1.54) is 10.1 Å². The quantitative estimate of drug-likeness (QED) is 0.143. The number of nitrogens with one attached hydrogen (secondary N) is 2. The molecule has 1 aromatic rings. The average Bonchev–Trinajstić information content (AvgIpc) is 2.77. The smallest absolute Gasteiger partial charge is 0.397 e. The van der Waals surface area contributed by atoms with Gasteiger partial charge < -0.3 is 20.1 Å². The SMILES string of the molecule is O=C1OCCN(Cc2cc(C(=O)NOCCO)c(NC3=C(F)C=IC=C3)c(F)c2F)C1=O. The number of benzene rings is 1. The fourth-order valence-electron chi connectivity index (χ4n) is 2.78. The zero-order valence-electron chi connectivity index (χ0n) is 16.3. The Balaban J connectivity index is 2.00. The fourth-order valence-corrected chi connectivity index (χ4v) is 4.20. The van der Waals surface area contributed by atoms with Crippen LogP contribution in [0.15, 0.2) is 27.7 Å². The van der Waals surface area contributed by atoms with Gasteiger partial charge in [0.25, 0.3) is 5.91 Å². The number of aliphatic hydroxyl groups excluding tert-OH is 1. The number of ether oxygens (including phenoxy) is 1. The predicted molar refractivity (Wildman–Crippen MR) is 114 cm³/mol. The molecule has 0 saturated carbocycles. The van der Waals surface area contributed by atoms with Crippen molar-refractivity contribution in [2.75, 3.05) is 31.7 Å². The first-order valence-electron chi connectivity index (χ1n) is 9.12. The summed E-state index contributed by atoms with van der Waals surface area (Å²) < 4.78 is 51.5. The summed E-state index contributed by atoms with van der Waals surface area (Å²) in [6.45, 7) is -1.35. The zero-order valence-corrected chi connectivity index (χ0v) is 18.4. The van der Waals surface area contributed by atoms with E-state index < -0.39 is 85.9 Å². The van der Waals surface area contributed by atoms with E-state index >= 15 is 4.39 Å². The third kappa shape index (κ3) is 5.34. The van der Waals surface area contributed by atoms with Crippen LogP contribution >= 0.6 is 20.7 Å². The third-order valence-electron chi connectivity index (χ3n) is 4.28. The van der Waals surface area contributed by atoms with Gasteiger partial charge in [-0.3, -0.25) is 14.4 Å². The van der Waals surface area contributed by atoms with Crippen molar-refractivity contribution in [3.63, 3.8) is 0 Å². The first kappa shape index (κ1) is 23.9. The van der Waals surface area contributed by atoms with Crippen LogP contribution < -0.4 is 10.8 Å². The summed E-state index contributed by atoms with van der Waals surface area (Å²) in [6, 6.07) is 0.966. The van der Waals surface area contributed by atoms with E-state index in [1.54, 1.807) is 4.08 Å². The van der Waals surface area contributed by atoms with Gasteiger partial charge in [0, 0.05) is 16.1 Å². The summed E-state index contributed by atoms with van der Waals surface area (Å²) in [5.41, 5.74) is 0.314. The number of nitrogens with zero attached hydrogens (tertiary/aromatic N) is 1. The topological polar surface area (TPSA) is 117 Å². The van der Waals surface area contributed by atoms with Gasteiger partial charge in [-0.1, -0.05) is 20.7 Å². The lowest BCUT2D eigenvalue weighted by Gasteiger charge is -2.26. The molecule has 172 valence electrons. The lowest BCUT2D eigenvalue weighted by atomic mass is 10.0. The van der Waals surface area contributed by atoms with Gasteiger partial charge in [0.2, 0.25) is 0 Å². The van der Waals surface area contributed by atoms with Crippen LogP contribution in [-0.4, -0.2) is 58.2 Å². The predicted octanol–water partition coefficient (Wildman–Crippen LogP) is 1.40. The van der Waals surface area contributed by atoms with E-state index in [0.29, 0.717) is 0 Å². The lowest BCUT2D eigenvalue weighted by molar-refractivity contribution is -0.166. The van der Waals surface area contributed by atoms with Crippen LogP contribution in [0.1, 0.15) is 15.9 Å². The molecule has 0 spiro atoms. The van der Waals surface area contributed by atoms with Crippen molar-refractivity contribution in [3.8, 4) is 0 Å². The molecule has 0 atom stereocenters. The Labute approximate surface area is 189 Å². The summed E-state index contributed by atoms with van der Waals surface area (Å²) in [6.07, 6.45) is 1.36. The molecule has 1 fully saturated rings. The number of carbonyl (C=O) groups excluding carboxylic acids is 3. The number of allylic oxidation sites excluding steroid dienone is 2. The Morgan fingerprint density at radius 1 is 1.28 bits per heavy atom. The van der Waals surface area contributed by atoms with E-state index in [-0.39, 0.29) is 25.5 Å². The Morgan fingerprint density at radius 3 is 2.78 bits per heavy atom. The van der Waals surface area contributed by atoms with Gasteiger partial charge in [0.05, 0.1) is 36.7 Å². The highest BCUT2D eigenvalue weighted by Gasteiger charge is 2.31. The second kappa shape index (κ2) is 10.7. The highest BCUT2D eigenvalue weighted by Crippen LogP contribution is 2.30. The molecule has 0 unspecified atom stereocenters. The van der Waals surface area contributed by atoms with Gasteiger partial charge >= 0.3 is 11.9 Å². The molecule has 2 aliphatic heterocycles. The molecule has 9 nitrogen and oxygen atoms in total. The number of hydrogen-bond donors (Lipinski definition) is 3. The number of morpholine rings is 1. The van der Waals surface area contributed by atoms with Crippen molar-refractivity contribution >= 4 is 48.2 Å². The Hall–Kier alpha value is -2.78. The summed E-state index contributed by atoms with van der Waals surface area (Å²) >= 11 is -0.643. The largest absolute Gasteiger partial charge is 0.457 e. The fraction of sp³-hybridized carbons (Fsp3) is 0.263. The first-order valence-corrected chi connectivity index (χ1v) is 11.6. The van der Waals surface area contributed by atoms with E-state index in [9.17, 15) is 23.2 Å². The molecular weight excluding hydrogens is 550 g/mol. The summed E-state index contributed by atoms with van der Waals surface area (Å²) in [5.74, 6) is -6.72. The zero-order chi connectivity index (χ0) is 23.3. The van der Waals surface area contributed by atoms with Crippen LogP contribution in [-0.2, 0) is 25.7 Å². The number of halogens is 4. The van der Waals surface area contributed by atoms with Gasteiger partial charge in [0.15, 0.2) is 17.5 Å². The summed E-state index contributed by atoms with van der Waals surface area (Å²) in [4.78, 5) is 41.6. The Kier molecular flexibility index (Phi) is 7.98. The van der Waals surface area contributed by atoms with E-state index in [4.69, 9.17) is 9.94 Å². The van der Waals surface area contributed by atoms with Crippen molar-refractivity contribution in [1.82, 2.24) is 10.4 Å². The lowest BCUT2D eigenvalue weighted by Crippen LogP contribution is -2.44. The molecule has 0 aliphatic carbocycles. The molecule has 2 amide bonds. The summed E-state index contributed by atoms with van der Waals surface area (Å²) in [7, 11) is 0. The molecule has 3 rings (SSSR count). The Bertz CT molecular complexity index is 1040. The minimum Gasteiger partial charge on any atom is -0.457 e. The van der Waals surface area contributed by atoms with E-state index in [1.807, 2.05) is 5.48 Å². The van der Waals surface area contributed by atoms with Gasteiger partial charge in [-0.25, -0.2) is 23.4 Å². The normalized spacial score (nSPS) is 16.1. The highest BCUT2D eigenvalue weighted by atomic mass is 127. The maximum Gasteiger partial charge on any atom is 0.397 e. The number of hydrogen-bond acceptors (Lipinski definition) is 7. The third-order valence-corrected chi connectivity index (χ3v) is 5.96. The van der Waals surface area contributed by atoms with Crippen LogP contribution in [0, 0.1) is 11.6 Å². The van der Waals surface area contributed by atoms with Gasteiger partial charge in [0.1, 0.15) is 6.61 Å². The number of amides is 2. The highest BCUT2D eigenvalue weighted by molar-refractivity contribution is 14.2. The molecule has 0 radical (unpaired) electrons. The van der Waals surface area contributed by atoms with Crippen LogP contribution in [0.25, 0.3) is 0 Å². The molecular formula is C19H17F3IN3O6. The van der Waals surface area contributed by atoms with Crippen molar-refractivity contribution in [1.29, 1.82) is 0 Å². The van der Waals surface area contributed by atoms with Crippen LogP contribution in [0.5, 0.6) is 0 Å². The van der Waals surface area contributed by atoms with E-state index in [2.05, 4.69) is 10.1 Å². The number of hydroxylamine groups is 1. The van der Waals surface area contributed by atoms with Crippen molar-refractivity contribution < 1.29 is 42.2 Å². The standard InChI is InChI=1S/C19H17F3IN3O6/c20-12-8-23-2-1-13(12)24-16-11(17(28)25-32-6-4-27)7-10(14(21)15(16)22)9-26-3-5-31-19(30)18(26)29/h1-2,7-8,24,27H,3-6,9H2,(H,25,28). The second-order valence-electron chi connectivity index (χ2n) is 6.37. The van der Waals surface area contributed by atoms with Crippen LogP contribution in [0.4, 0.5) is 18.9 Å². The van der Waals surface area contributed by atoms with Gasteiger partial charge in [-0.15, -0.1) is 0 Å². The average molecular weight is 567 g/mol. The number of carbonyl (C=O) groups is 3. The number of cyclic esters (lactones) is 1. The van der Waals surface area contributed by atoms with Crippen LogP contribution in [0.3, 0.4) is 0 Å². The molecule has 0 aromatic heterocycles. The molecule has 2 aliphatic rings. The van der Waals surface area contributed by atoms with Gasteiger partial charge in [-0.2, -0.15) is 0 Å². The molecule has 3 N–H and O–H groups in total. The molecule has 32 heavy (non-hydrogen) atoms. The van der Waals surface area contributed by atoms with Crippen molar-refractivity contribution in [2.24, 2.45) is 0 Å². The molecule has 2 heterocycles. The molecule has 13 heteroatoms. The van der Waals surface area contributed by atoms with Gasteiger partial charge in [-0.05, 0) is 16.2 Å². The molecule has 0 bridgehead atoms. The Morgan fingerprint density at radius 2 is 2.06 bits per heavy atom. The monoisotopic (exact) mass is 567 g/mol. The van der Waals surface area contributed by atoms with Crippen LogP contribution in [0.2, 0.25) is 0 Å². The second-order valence-corrected chi connectivity index (χ2v) is 8.43. The minimum absolute atomic E-state index is 0.0470. The number of rotatable bonds is 8. The van der Waals surface area contributed by atoms with Crippen molar-refractivity contribution in [3.05, 3.63) is 50.5 Å². The number of esters is 1. The number of aliphatic hydroxyl groups is 1. The molecule has 1 saturated heterocycles. The van der Waals surface area contributed by atoms with E-state index in [0.717, 1.165) is 11.0 Å². The van der Waals surface area contributed by atoms with Crippen molar-refractivity contribution in [2.45, 2.75) is 6.54 Å². The first-order chi connectivity index (χ1) is 15.3. The molecule has 1 aromatic carbocycles. The minimum atomic E-state index is -1.49. The summed E-state index contributed by atoms with van der Waals surface area (Å²) in [5, 5.41) is 11.2. The maximum absolute atomic E-state index is 15.0. The maximum atomic E-state index is 15.0.